The molecule has 0 unspecified atom stereocenters. The van der Waals surface area contributed by atoms with Crippen LogP contribution in [-0.4, -0.2) is 24.3 Å². The second-order valence-corrected chi connectivity index (χ2v) is 3.85. The minimum Gasteiger partial charge on any atom is -0.462 e. The van der Waals surface area contributed by atoms with Crippen LogP contribution in [0.25, 0.3) is 0 Å². The van der Waals surface area contributed by atoms with Gasteiger partial charge in [0.1, 0.15) is 0 Å². The van der Waals surface area contributed by atoms with Crippen molar-refractivity contribution < 1.29 is 14.6 Å². The summed E-state index contributed by atoms with van der Waals surface area (Å²) in [6.45, 7) is 2.56. The number of carbonyl (C=O) groups is 1. The van der Waals surface area contributed by atoms with E-state index in [0.29, 0.717) is 13.0 Å². The first kappa shape index (κ1) is 15.2. The largest absolute Gasteiger partial charge is 0.462 e. The zero-order valence-corrected chi connectivity index (χ0v) is 10.3. The lowest BCUT2D eigenvalue weighted by Crippen LogP contribution is -2.03. The number of allylic oxidation sites excluding steroid dienone is 1. The predicted octanol–water partition coefficient (Wildman–Crippen LogP) is 2.83. The highest BCUT2D eigenvalue weighted by Gasteiger charge is 1.95. The van der Waals surface area contributed by atoms with Gasteiger partial charge in [0.05, 0.1) is 6.61 Å². The number of hydrogen-bond donors (Lipinski definition) is 1. The molecule has 0 spiro atoms. The van der Waals surface area contributed by atoms with Gasteiger partial charge in [0.25, 0.3) is 0 Å². The van der Waals surface area contributed by atoms with Crippen LogP contribution in [-0.2, 0) is 9.53 Å². The van der Waals surface area contributed by atoms with Crippen molar-refractivity contribution in [1.82, 2.24) is 0 Å². The Morgan fingerprint density at radius 1 is 1.19 bits per heavy atom. The Kier molecular flexibility index (Phi) is 11.6. The van der Waals surface area contributed by atoms with E-state index in [1.54, 1.807) is 0 Å². The van der Waals surface area contributed by atoms with Crippen LogP contribution in [0.4, 0.5) is 0 Å². The first-order valence-corrected chi connectivity index (χ1v) is 6.25. The van der Waals surface area contributed by atoms with E-state index in [1.165, 1.54) is 31.8 Å². The minimum absolute atomic E-state index is 0.0639. The maximum absolute atomic E-state index is 11.1. The highest BCUT2D eigenvalue weighted by atomic mass is 16.5. The topological polar surface area (TPSA) is 46.5 Å². The molecule has 0 saturated heterocycles. The van der Waals surface area contributed by atoms with E-state index in [1.807, 2.05) is 6.08 Å². The monoisotopic (exact) mass is 228 g/mol. The molecule has 0 aliphatic rings. The maximum Gasteiger partial charge on any atom is 0.330 e. The Bertz CT molecular complexity index is 188. The fourth-order valence-electron chi connectivity index (χ4n) is 1.33. The fourth-order valence-corrected chi connectivity index (χ4v) is 1.33. The molecule has 0 aromatic heterocycles. The maximum atomic E-state index is 11.1. The van der Waals surface area contributed by atoms with E-state index in [4.69, 9.17) is 9.84 Å². The van der Waals surface area contributed by atoms with Crippen molar-refractivity contribution >= 4 is 5.97 Å². The van der Waals surface area contributed by atoms with Gasteiger partial charge in [-0.3, -0.25) is 0 Å². The fraction of sp³-hybridized carbons (Fsp3) is 0.769. The van der Waals surface area contributed by atoms with Crippen molar-refractivity contribution in [3.8, 4) is 0 Å². The van der Waals surface area contributed by atoms with Crippen molar-refractivity contribution in [2.45, 2.75) is 51.9 Å². The van der Waals surface area contributed by atoms with Gasteiger partial charge in [-0.15, -0.1) is 0 Å². The summed E-state index contributed by atoms with van der Waals surface area (Å²) in [5.41, 5.74) is 0. The van der Waals surface area contributed by atoms with Crippen LogP contribution in [0.15, 0.2) is 12.2 Å². The van der Waals surface area contributed by atoms with E-state index in [2.05, 4.69) is 6.92 Å². The Morgan fingerprint density at radius 2 is 1.94 bits per heavy atom. The summed E-state index contributed by atoms with van der Waals surface area (Å²) in [7, 11) is 0. The standard InChI is InChI=1S/C13H24O3/c1-2-3-4-5-6-7-8-10-13(15)16-12-9-11-14/h8,10,14H,2-7,9,11-12H2,1H3. The summed E-state index contributed by atoms with van der Waals surface area (Å²) in [6, 6.07) is 0. The lowest BCUT2D eigenvalue weighted by atomic mass is 10.1. The van der Waals surface area contributed by atoms with Gasteiger partial charge >= 0.3 is 5.97 Å². The molecular weight excluding hydrogens is 204 g/mol. The molecule has 0 aliphatic carbocycles. The Hall–Kier alpha value is -0.830. The van der Waals surface area contributed by atoms with Crippen molar-refractivity contribution in [1.29, 1.82) is 0 Å². The summed E-state index contributed by atoms with van der Waals surface area (Å²) in [5.74, 6) is -0.304. The van der Waals surface area contributed by atoms with Crippen molar-refractivity contribution in [3.63, 3.8) is 0 Å². The molecular formula is C13H24O3. The molecule has 1 N–H and O–H groups in total. The number of aliphatic hydroxyl groups excluding tert-OH is 1. The SMILES string of the molecule is CCCCCCCC=CC(=O)OCCCO. The van der Waals surface area contributed by atoms with E-state index in [-0.39, 0.29) is 12.6 Å². The molecule has 0 aromatic carbocycles. The quantitative estimate of drug-likeness (QED) is 0.355. The van der Waals surface area contributed by atoms with Crippen LogP contribution < -0.4 is 0 Å². The molecule has 3 nitrogen and oxygen atoms in total. The third-order valence-electron chi connectivity index (χ3n) is 2.28. The van der Waals surface area contributed by atoms with Gasteiger partial charge in [-0.25, -0.2) is 4.79 Å². The van der Waals surface area contributed by atoms with Crippen molar-refractivity contribution in [2.75, 3.05) is 13.2 Å². The molecule has 0 amide bonds. The van der Waals surface area contributed by atoms with Gasteiger partial charge in [0.2, 0.25) is 0 Å². The molecule has 0 rings (SSSR count). The van der Waals surface area contributed by atoms with Gasteiger partial charge in [-0.2, -0.15) is 0 Å². The predicted molar refractivity (Wildman–Crippen MR) is 65.2 cm³/mol. The minimum atomic E-state index is -0.304. The Morgan fingerprint density at radius 3 is 2.62 bits per heavy atom. The molecule has 3 heteroatoms. The highest BCUT2D eigenvalue weighted by molar-refractivity contribution is 5.81. The number of hydrogen-bond acceptors (Lipinski definition) is 3. The van der Waals surface area contributed by atoms with Crippen molar-refractivity contribution in [2.24, 2.45) is 0 Å². The van der Waals surface area contributed by atoms with Gasteiger partial charge < -0.3 is 9.84 Å². The van der Waals surface area contributed by atoms with Crippen LogP contribution in [0.1, 0.15) is 51.9 Å². The molecule has 0 aromatic rings. The third-order valence-corrected chi connectivity index (χ3v) is 2.28. The first-order valence-electron chi connectivity index (χ1n) is 6.25. The molecule has 0 radical (unpaired) electrons. The summed E-state index contributed by atoms with van der Waals surface area (Å²) in [5, 5.41) is 8.49. The Labute approximate surface area is 98.5 Å². The summed E-state index contributed by atoms with van der Waals surface area (Å²) >= 11 is 0. The Balaban J connectivity index is 3.28. The van der Waals surface area contributed by atoms with Gasteiger partial charge in [-0.05, 0) is 12.8 Å². The van der Waals surface area contributed by atoms with Gasteiger partial charge in [0.15, 0.2) is 0 Å². The molecule has 0 heterocycles. The zero-order valence-electron chi connectivity index (χ0n) is 10.3. The molecule has 0 fully saturated rings. The molecule has 16 heavy (non-hydrogen) atoms. The van der Waals surface area contributed by atoms with E-state index < -0.39 is 0 Å². The number of carbonyl (C=O) groups excluding carboxylic acids is 1. The van der Waals surface area contributed by atoms with Gasteiger partial charge in [0, 0.05) is 19.1 Å². The zero-order chi connectivity index (χ0) is 12.1. The molecule has 94 valence electrons. The van der Waals surface area contributed by atoms with Crippen molar-refractivity contribution in [3.05, 3.63) is 12.2 Å². The van der Waals surface area contributed by atoms with Crippen LogP contribution >= 0.6 is 0 Å². The van der Waals surface area contributed by atoms with Crippen LogP contribution in [0.5, 0.6) is 0 Å². The lowest BCUT2D eigenvalue weighted by Gasteiger charge is -1.99. The lowest BCUT2D eigenvalue weighted by molar-refractivity contribution is -0.138. The van der Waals surface area contributed by atoms with E-state index in [0.717, 1.165) is 12.8 Å². The van der Waals surface area contributed by atoms with E-state index in [9.17, 15) is 4.79 Å². The average Bonchev–Trinajstić information content (AvgIpc) is 2.28. The molecule has 0 bridgehead atoms. The second kappa shape index (κ2) is 12.2. The number of ether oxygens (including phenoxy) is 1. The summed E-state index contributed by atoms with van der Waals surface area (Å²) < 4.78 is 4.84. The average molecular weight is 228 g/mol. The number of aliphatic hydroxyl groups is 1. The van der Waals surface area contributed by atoms with Crippen LogP contribution in [0.3, 0.4) is 0 Å². The summed E-state index contributed by atoms with van der Waals surface area (Å²) in [4.78, 5) is 11.1. The molecule has 0 aliphatic heterocycles. The second-order valence-electron chi connectivity index (χ2n) is 3.85. The van der Waals surface area contributed by atoms with E-state index >= 15 is 0 Å². The number of unbranched alkanes of at least 4 members (excludes halogenated alkanes) is 5. The third kappa shape index (κ3) is 11.2. The number of rotatable bonds is 10. The first-order chi connectivity index (χ1) is 7.81. The molecule has 0 atom stereocenters. The number of esters is 1. The smallest absolute Gasteiger partial charge is 0.330 e. The van der Waals surface area contributed by atoms with Gasteiger partial charge in [-0.1, -0.05) is 38.7 Å². The normalized spacial score (nSPS) is 10.9. The highest BCUT2D eigenvalue weighted by Crippen LogP contribution is 2.05. The summed E-state index contributed by atoms with van der Waals surface area (Å²) in [6.07, 6.45) is 11.0. The molecule has 0 saturated carbocycles. The van der Waals surface area contributed by atoms with Crippen LogP contribution in [0.2, 0.25) is 0 Å². The van der Waals surface area contributed by atoms with Crippen LogP contribution in [0, 0.1) is 0 Å².